The van der Waals surface area contributed by atoms with Crippen LogP contribution in [0.1, 0.15) is 49.1 Å². The predicted molar refractivity (Wildman–Crippen MR) is 124 cm³/mol. The van der Waals surface area contributed by atoms with E-state index in [1.54, 1.807) is 7.05 Å². The van der Waals surface area contributed by atoms with Crippen molar-refractivity contribution in [1.82, 2.24) is 10.2 Å². The maximum absolute atomic E-state index is 12.7. The fourth-order valence-corrected chi connectivity index (χ4v) is 5.04. The Hall–Kier alpha value is -3.35. The molecule has 0 radical (unpaired) electrons. The number of carbonyl (C=O) groups is 3. The van der Waals surface area contributed by atoms with E-state index in [-0.39, 0.29) is 43.4 Å². The number of fused-ring (bicyclic) bond motifs is 3. The van der Waals surface area contributed by atoms with E-state index in [0.717, 1.165) is 19.3 Å². The second-order valence-electron chi connectivity index (χ2n) is 8.93. The number of rotatable bonds is 7. The number of alkyl carbamates (subject to hydrolysis) is 1. The molecule has 0 aliphatic heterocycles. The van der Waals surface area contributed by atoms with Crippen molar-refractivity contribution in [3.05, 3.63) is 59.7 Å². The van der Waals surface area contributed by atoms with Gasteiger partial charge in [-0.3, -0.25) is 9.59 Å². The van der Waals surface area contributed by atoms with Crippen molar-refractivity contribution in [3.63, 3.8) is 0 Å². The number of aliphatic carboxylic acids is 1. The molecule has 2 unspecified atom stereocenters. The third-order valence-corrected chi connectivity index (χ3v) is 6.73. The van der Waals surface area contributed by atoms with Gasteiger partial charge in [0.05, 0.1) is 6.42 Å². The minimum atomic E-state index is -0.923. The first kappa shape index (κ1) is 22.8. The van der Waals surface area contributed by atoms with Gasteiger partial charge in [-0.1, -0.05) is 55.0 Å². The van der Waals surface area contributed by atoms with E-state index in [1.807, 2.05) is 24.3 Å². The minimum Gasteiger partial charge on any atom is -0.481 e. The van der Waals surface area contributed by atoms with Gasteiger partial charge in [0.15, 0.2) is 0 Å². The zero-order valence-corrected chi connectivity index (χ0v) is 18.8. The highest BCUT2D eigenvalue weighted by Gasteiger charge is 2.32. The van der Waals surface area contributed by atoms with Crippen LogP contribution in [0.4, 0.5) is 4.79 Å². The average molecular weight is 451 g/mol. The van der Waals surface area contributed by atoms with Crippen LogP contribution in [-0.4, -0.2) is 54.2 Å². The lowest BCUT2D eigenvalue weighted by molar-refractivity contribution is -0.139. The van der Waals surface area contributed by atoms with Gasteiger partial charge in [0.1, 0.15) is 6.61 Å². The Kier molecular flexibility index (Phi) is 6.96. The number of hydrogen-bond donors (Lipinski definition) is 2. The third-order valence-electron chi connectivity index (χ3n) is 6.73. The van der Waals surface area contributed by atoms with Gasteiger partial charge in [0.2, 0.25) is 5.91 Å². The highest BCUT2D eigenvalue weighted by Crippen LogP contribution is 2.44. The van der Waals surface area contributed by atoms with Gasteiger partial charge < -0.3 is 20.1 Å². The van der Waals surface area contributed by atoms with Gasteiger partial charge in [-0.15, -0.1) is 0 Å². The molecule has 33 heavy (non-hydrogen) atoms. The van der Waals surface area contributed by atoms with Crippen molar-refractivity contribution in [1.29, 1.82) is 0 Å². The molecule has 0 bridgehead atoms. The van der Waals surface area contributed by atoms with E-state index in [2.05, 4.69) is 29.6 Å². The van der Waals surface area contributed by atoms with Crippen molar-refractivity contribution in [2.75, 3.05) is 20.2 Å². The summed E-state index contributed by atoms with van der Waals surface area (Å²) in [7, 11) is 1.63. The monoisotopic (exact) mass is 450 g/mol. The molecule has 2 aromatic carbocycles. The van der Waals surface area contributed by atoms with E-state index in [1.165, 1.54) is 27.2 Å². The second kappa shape index (κ2) is 10.1. The van der Waals surface area contributed by atoms with Gasteiger partial charge in [0.25, 0.3) is 0 Å². The smallest absolute Gasteiger partial charge is 0.407 e. The molecule has 2 aliphatic rings. The van der Waals surface area contributed by atoms with E-state index in [4.69, 9.17) is 9.84 Å². The Morgan fingerprint density at radius 2 is 1.67 bits per heavy atom. The number of nitrogens with zero attached hydrogens (tertiary/aromatic N) is 1. The summed E-state index contributed by atoms with van der Waals surface area (Å²) in [5.41, 5.74) is 4.70. The fourth-order valence-electron chi connectivity index (χ4n) is 5.04. The van der Waals surface area contributed by atoms with Gasteiger partial charge in [-0.05, 0) is 41.5 Å². The van der Waals surface area contributed by atoms with Crippen LogP contribution in [0.3, 0.4) is 0 Å². The van der Waals surface area contributed by atoms with Gasteiger partial charge in [-0.2, -0.15) is 0 Å². The molecule has 0 aromatic heterocycles. The third kappa shape index (κ3) is 5.18. The van der Waals surface area contributed by atoms with Crippen LogP contribution < -0.4 is 5.32 Å². The van der Waals surface area contributed by atoms with Gasteiger partial charge >= 0.3 is 12.1 Å². The molecule has 0 spiro atoms. The van der Waals surface area contributed by atoms with Crippen molar-refractivity contribution >= 4 is 18.0 Å². The zero-order valence-electron chi connectivity index (χ0n) is 18.8. The molecular weight excluding hydrogens is 420 g/mol. The zero-order chi connectivity index (χ0) is 23.4. The second-order valence-corrected chi connectivity index (χ2v) is 8.93. The Morgan fingerprint density at radius 1 is 1.03 bits per heavy atom. The maximum Gasteiger partial charge on any atom is 0.407 e. The first-order valence-electron chi connectivity index (χ1n) is 11.5. The normalized spacial score (nSPS) is 19.3. The molecule has 2 N–H and O–H groups in total. The first-order chi connectivity index (χ1) is 15.9. The summed E-state index contributed by atoms with van der Waals surface area (Å²) in [6, 6.07) is 16.3. The number of carbonyl (C=O) groups excluding carboxylic acids is 2. The minimum absolute atomic E-state index is 0.00622. The Morgan fingerprint density at radius 3 is 2.30 bits per heavy atom. The Balaban J connectivity index is 1.31. The molecule has 2 amide bonds. The molecule has 7 heteroatoms. The van der Waals surface area contributed by atoms with Gasteiger partial charge in [-0.25, -0.2) is 4.79 Å². The molecule has 7 nitrogen and oxygen atoms in total. The van der Waals surface area contributed by atoms with Crippen LogP contribution in [0.25, 0.3) is 11.1 Å². The van der Waals surface area contributed by atoms with E-state index >= 15 is 0 Å². The van der Waals surface area contributed by atoms with Crippen LogP contribution in [0.15, 0.2) is 48.5 Å². The molecule has 174 valence electrons. The fraction of sp³-hybridized carbons (Fsp3) is 0.423. The molecule has 1 fully saturated rings. The summed E-state index contributed by atoms with van der Waals surface area (Å²) in [5.74, 6) is -1.19. The molecule has 0 saturated heterocycles. The van der Waals surface area contributed by atoms with Crippen LogP contribution in [0.5, 0.6) is 0 Å². The lowest BCUT2D eigenvalue weighted by atomic mass is 9.85. The standard InChI is InChI=1S/C26H30N2O5/c1-28(14-13-24(29)30)25(31)17-7-6-8-18(15-17)27-26(32)33-16-23-21-11-4-2-9-19(21)20-10-3-5-12-22(20)23/h2-5,9-12,17-18,23H,6-8,13-16H2,1H3,(H,27,32)(H,29,30). The van der Waals surface area contributed by atoms with Crippen molar-refractivity contribution in [3.8, 4) is 11.1 Å². The topological polar surface area (TPSA) is 95.9 Å². The summed E-state index contributed by atoms with van der Waals surface area (Å²) in [4.78, 5) is 37.5. The van der Waals surface area contributed by atoms with Crippen LogP contribution in [-0.2, 0) is 14.3 Å². The van der Waals surface area contributed by atoms with Crippen molar-refractivity contribution in [2.45, 2.75) is 44.1 Å². The molecule has 2 aliphatic carbocycles. The first-order valence-corrected chi connectivity index (χ1v) is 11.5. The number of carboxylic acid groups (broad SMARTS) is 1. The van der Waals surface area contributed by atoms with E-state index < -0.39 is 12.1 Å². The van der Waals surface area contributed by atoms with Crippen molar-refractivity contribution in [2.24, 2.45) is 5.92 Å². The van der Waals surface area contributed by atoms with Crippen LogP contribution in [0, 0.1) is 5.92 Å². The average Bonchev–Trinajstić information content (AvgIpc) is 3.14. The highest BCUT2D eigenvalue weighted by atomic mass is 16.5. The number of nitrogens with one attached hydrogen (secondary N) is 1. The molecule has 0 heterocycles. The molecule has 4 rings (SSSR count). The lowest BCUT2D eigenvalue weighted by Gasteiger charge is -2.31. The number of hydrogen-bond acceptors (Lipinski definition) is 4. The molecular formula is C26H30N2O5. The molecule has 2 aromatic rings. The Bertz CT molecular complexity index is 991. The largest absolute Gasteiger partial charge is 0.481 e. The Labute approximate surface area is 193 Å². The molecule has 1 saturated carbocycles. The van der Waals surface area contributed by atoms with Crippen LogP contribution in [0.2, 0.25) is 0 Å². The summed E-state index contributed by atoms with van der Waals surface area (Å²) in [5, 5.41) is 11.8. The predicted octanol–water partition coefficient (Wildman–Crippen LogP) is 4.02. The summed E-state index contributed by atoms with van der Waals surface area (Å²) < 4.78 is 5.64. The lowest BCUT2D eigenvalue weighted by Crippen LogP contribution is -2.43. The van der Waals surface area contributed by atoms with E-state index in [0.29, 0.717) is 6.42 Å². The summed E-state index contributed by atoms with van der Waals surface area (Å²) >= 11 is 0. The SMILES string of the molecule is CN(CCC(=O)O)C(=O)C1CCCC(NC(=O)OCC2c3ccccc3-c3ccccc32)C1. The number of benzene rings is 2. The summed E-state index contributed by atoms with van der Waals surface area (Å²) in [6.07, 6.45) is 2.38. The summed E-state index contributed by atoms with van der Waals surface area (Å²) in [6.45, 7) is 0.446. The number of carboxylic acids is 1. The van der Waals surface area contributed by atoms with E-state index in [9.17, 15) is 14.4 Å². The highest BCUT2D eigenvalue weighted by molar-refractivity contribution is 5.80. The number of amides is 2. The quantitative estimate of drug-likeness (QED) is 0.664. The van der Waals surface area contributed by atoms with Gasteiger partial charge in [0, 0.05) is 31.5 Å². The number of ether oxygens (including phenoxy) is 1. The molecule has 2 atom stereocenters. The maximum atomic E-state index is 12.7. The van der Waals surface area contributed by atoms with Crippen molar-refractivity contribution < 1.29 is 24.2 Å². The van der Waals surface area contributed by atoms with Crippen LogP contribution >= 0.6 is 0 Å².